The number of amides is 2. The quantitative estimate of drug-likeness (QED) is 0.539. The van der Waals surface area contributed by atoms with Gasteiger partial charge < -0.3 is 20.4 Å². The smallest absolute Gasteiger partial charge is 0.326 e. The van der Waals surface area contributed by atoms with Crippen LogP contribution in [0.2, 0.25) is 0 Å². The fraction of sp³-hybridized carbons (Fsp3) is 0.800. The van der Waals surface area contributed by atoms with Crippen LogP contribution in [0.15, 0.2) is 0 Å². The van der Waals surface area contributed by atoms with Crippen LogP contribution in [0, 0.1) is 0 Å². The summed E-state index contributed by atoms with van der Waals surface area (Å²) in [6.45, 7) is 0.111. The first-order valence-electron chi connectivity index (χ1n) is 5.84. The van der Waals surface area contributed by atoms with E-state index in [1.165, 1.54) is 0 Å². The maximum Gasteiger partial charge on any atom is 0.326 e. The van der Waals surface area contributed by atoms with Crippen LogP contribution in [0.3, 0.4) is 0 Å². The molecule has 0 radical (unpaired) electrons. The normalized spacial score (nSPS) is 23.4. The molecule has 0 aromatic carbocycles. The van der Waals surface area contributed by atoms with Crippen LogP contribution >= 0.6 is 0 Å². The van der Waals surface area contributed by atoms with E-state index < -0.39 is 34.0 Å². The molecule has 0 unspecified atom stereocenters. The van der Waals surface area contributed by atoms with Gasteiger partial charge in [0.05, 0.1) is 11.9 Å². The van der Waals surface area contributed by atoms with Crippen molar-refractivity contribution in [1.29, 1.82) is 0 Å². The maximum atomic E-state index is 11.7. The molecule has 1 saturated heterocycles. The standard InChI is InChI=1S/C10H18N2O6S/c1-19(17,18)4-2-3-11-10(16)12-6-7(13)5-8(12)9(14)15/h7-8,13H,2-6H2,1H3,(H,11,16)(H,14,15)/t7-,8-/m0/s1. The number of hydrogen-bond acceptors (Lipinski definition) is 5. The van der Waals surface area contributed by atoms with Crippen molar-refractivity contribution in [2.24, 2.45) is 0 Å². The third kappa shape index (κ3) is 5.03. The number of sulfone groups is 1. The molecule has 8 nitrogen and oxygen atoms in total. The zero-order valence-electron chi connectivity index (χ0n) is 10.6. The molecule has 2 amide bonds. The molecule has 19 heavy (non-hydrogen) atoms. The highest BCUT2D eigenvalue weighted by Gasteiger charge is 2.38. The molecule has 0 aliphatic carbocycles. The molecule has 2 atom stereocenters. The van der Waals surface area contributed by atoms with Gasteiger partial charge in [-0.05, 0) is 6.42 Å². The molecule has 9 heteroatoms. The Morgan fingerprint density at radius 3 is 2.58 bits per heavy atom. The summed E-state index contributed by atoms with van der Waals surface area (Å²) in [5.74, 6) is -1.21. The summed E-state index contributed by atoms with van der Waals surface area (Å²) >= 11 is 0. The number of carboxylic acid groups (broad SMARTS) is 1. The van der Waals surface area contributed by atoms with Gasteiger partial charge >= 0.3 is 12.0 Å². The molecule has 110 valence electrons. The van der Waals surface area contributed by atoms with Gasteiger partial charge in [-0.3, -0.25) is 0 Å². The number of hydrogen-bond donors (Lipinski definition) is 3. The Kier molecular flexibility index (Phi) is 5.12. The van der Waals surface area contributed by atoms with Crippen LogP contribution in [0.25, 0.3) is 0 Å². The Bertz CT molecular complexity index is 449. The second kappa shape index (κ2) is 6.20. The number of aliphatic carboxylic acids is 1. The van der Waals surface area contributed by atoms with Gasteiger partial charge in [-0.25, -0.2) is 18.0 Å². The zero-order valence-corrected chi connectivity index (χ0v) is 11.4. The number of nitrogens with zero attached hydrogens (tertiary/aromatic N) is 1. The largest absolute Gasteiger partial charge is 0.480 e. The molecule has 1 heterocycles. The average Bonchev–Trinajstić information content (AvgIpc) is 2.65. The number of rotatable bonds is 5. The van der Waals surface area contributed by atoms with Gasteiger partial charge in [0.1, 0.15) is 15.9 Å². The summed E-state index contributed by atoms with van der Waals surface area (Å²) in [4.78, 5) is 23.7. The van der Waals surface area contributed by atoms with Crippen molar-refractivity contribution in [2.45, 2.75) is 25.0 Å². The Morgan fingerprint density at radius 2 is 2.05 bits per heavy atom. The monoisotopic (exact) mass is 294 g/mol. The van der Waals surface area contributed by atoms with Crippen LogP contribution in [0.5, 0.6) is 0 Å². The van der Waals surface area contributed by atoms with Crippen molar-refractivity contribution < 1.29 is 28.2 Å². The van der Waals surface area contributed by atoms with E-state index in [4.69, 9.17) is 5.11 Å². The summed E-state index contributed by atoms with van der Waals surface area (Å²) in [6.07, 6.45) is 0.527. The number of likely N-dealkylation sites (tertiary alicyclic amines) is 1. The van der Waals surface area contributed by atoms with E-state index in [1.807, 2.05) is 0 Å². The number of nitrogens with one attached hydrogen (secondary N) is 1. The van der Waals surface area contributed by atoms with Crippen LogP contribution < -0.4 is 5.32 Å². The molecule has 3 N–H and O–H groups in total. The lowest BCUT2D eigenvalue weighted by Crippen LogP contribution is -2.46. The van der Waals surface area contributed by atoms with Crippen molar-refractivity contribution in [3.05, 3.63) is 0 Å². The minimum Gasteiger partial charge on any atom is -0.480 e. The Morgan fingerprint density at radius 1 is 1.42 bits per heavy atom. The second-order valence-corrected chi connectivity index (χ2v) is 6.87. The number of aliphatic hydroxyl groups is 1. The molecular formula is C10H18N2O6S. The van der Waals surface area contributed by atoms with E-state index in [2.05, 4.69) is 5.32 Å². The van der Waals surface area contributed by atoms with E-state index in [1.54, 1.807) is 0 Å². The molecule has 1 fully saturated rings. The van der Waals surface area contributed by atoms with Crippen molar-refractivity contribution in [3.8, 4) is 0 Å². The summed E-state index contributed by atoms with van der Waals surface area (Å²) in [6, 6.07) is -1.64. The summed E-state index contributed by atoms with van der Waals surface area (Å²) in [5, 5.41) is 20.7. The van der Waals surface area contributed by atoms with E-state index in [0.29, 0.717) is 0 Å². The molecule has 1 aliphatic rings. The first-order valence-corrected chi connectivity index (χ1v) is 7.90. The topological polar surface area (TPSA) is 124 Å². The SMILES string of the molecule is CS(=O)(=O)CCCNC(=O)N1C[C@@H](O)C[C@H]1C(=O)O. The van der Waals surface area contributed by atoms with Gasteiger partial charge in [0.2, 0.25) is 0 Å². The highest BCUT2D eigenvalue weighted by atomic mass is 32.2. The zero-order chi connectivity index (χ0) is 14.6. The summed E-state index contributed by atoms with van der Waals surface area (Å²) < 4.78 is 21.8. The molecule has 0 saturated carbocycles. The minimum absolute atomic E-state index is 0.00604. The summed E-state index contributed by atoms with van der Waals surface area (Å²) in [5.41, 5.74) is 0. The van der Waals surface area contributed by atoms with Crippen molar-refractivity contribution >= 4 is 21.8 Å². The molecule has 0 spiro atoms. The third-order valence-corrected chi connectivity index (χ3v) is 3.82. The summed E-state index contributed by atoms with van der Waals surface area (Å²) in [7, 11) is -3.07. The predicted molar refractivity (Wildman–Crippen MR) is 66.5 cm³/mol. The highest BCUT2D eigenvalue weighted by Crippen LogP contribution is 2.17. The average molecular weight is 294 g/mol. The van der Waals surface area contributed by atoms with Crippen molar-refractivity contribution in [2.75, 3.05) is 25.1 Å². The molecule has 1 rings (SSSR count). The number of β-amino-alcohol motifs (C(OH)–C–C–N with tert-alkyl or cyclic N) is 1. The number of urea groups is 1. The Balaban J connectivity index is 2.42. The van der Waals surface area contributed by atoms with E-state index in [0.717, 1.165) is 11.2 Å². The Labute approximate surface area is 111 Å². The van der Waals surface area contributed by atoms with Gasteiger partial charge in [-0.15, -0.1) is 0 Å². The Hall–Kier alpha value is -1.35. The van der Waals surface area contributed by atoms with Gasteiger partial charge in [0.15, 0.2) is 0 Å². The predicted octanol–water partition coefficient (Wildman–Crippen LogP) is -1.35. The molecular weight excluding hydrogens is 276 g/mol. The fourth-order valence-electron chi connectivity index (χ4n) is 1.90. The lowest BCUT2D eigenvalue weighted by atomic mass is 10.2. The van der Waals surface area contributed by atoms with Gasteiger partial charge in [0, 0.05) is 25.8 Å². The van der Waals surface area contributed by atoms with Gasteiger partial charge in [0.25, 0.3) is 0 Å². The number of carbonyl (C=O) groups excluding carboxylic acids is 1. The highest BCUT2D eigenvalue weighted by molar-refractivity contribution is 7.90. The third-order valence-electron chi connectivity index (χ3n) is 2.79. The maximum absolute atomic E-state index is 11.7. The second-order valence-electron chi connectivity index (χ2n) is 4.61. The molecule has 1 aliphatic heterocycles. The number of aliphatic hydroxyl groups excluding tert-OH is 1. The molecule has 0 aromatic rings. The first kappa shape index (κ1) is 15.7. The molecule has 0 aromatic heterocycles. The first-order chi connectivity index (χ1) is 8.70. The van der Waals surface area contributed by atoms with Gasteiger partial charge in [-0.1, -0.05) is 0 Å². The molecule has 0 bridgehead atoms. The van der Waals surface area contributed by atoms with Crippen LogP contribution in [-0.2, 0) is 14.6 Å². The van der Waals surface area contributed by atoms with Crippen molar-refractivity contribution in [1.82, 2.24) is 10.2 Å². The number of carbonyl (C=O) groups is 2. The fourth-order valence-corrected chi connectivity index (χ4v) is 2.57. The van der Waals surface area contributed by atoms with E-state index >= 15 is 0 Å². The lowest BCUT2D eigenvalue weighted by molar-refractivity contribution is -0.141. The van der Waals surface area contributed by atoms with E-state index in [-0.39, 0.29) is 31.7 Å². The minimum atomic E-state index is -3.07. The number of carboxylic acids is 1. The van der Waals surface area contributed by atoms with Gasteiger partial charge in [-0.2, -0.15) is 0 Å². The van der Waals surface area contributed by atoms with Crippen LogP contribution in [-0.4, -0.2) is 72.8 Å². The van der Waals surface area contributed by atoms with Crippen molar-refractivity contribution in [3.63, 3.8) is 0 Å². The lowest BCUT2D eigenvalue weighted by Gasteiger charge is -2.21. The van der Waals surface area contributed by atoms with Crippen LogP contribution in [0.4, 0.5) is 4.79 Å². The van der Waals surface area contributed by atoms with Crippen LogP contribution in [0.1, 0.15) is 12.8 Å². The van der Waals surface area contributed by atoms with E-state index in [9.17, 15) is 23.1 Å².